The van der Waals surface area contributed by atoms with E-state index in [0.29, 0.717) is 18.8 Å². The van der Waals surface area contributed by atoms with Gasteiger partial charge in [-0.15, -0.1) is 0 Å². The lowest BCUT2D eigenvalue weighted by Gasteiger charge is -2.18. The second-order valence-electron chi connectivity index (χ2n) is 10.6. The predicted molar refractivity (Wildman–Crippen MR) is 162 cm³/mol. The molecular formula is C30H57N2O7P. The summed E-state index contributed by atoms with van der Waals surface area (Å²) in [5.74, 6) is 0. The van der Waals surface area contributed by atoms with Crippen LogP contribution >= 0.6 is 7.60 Å². The van der Waals surface area contributed by atoms with E-state index in [9.17, 15) is 14.2 Å². The van der Waals surface area contributed by atoms with Crippen LogP contribution in [0.25, 0.3) is 0 Å². The topological polar surface area (TPSA) is 109 Å². The average Bonchev–Trinajstić information content (AvgIpc) is 2.93. The van der Waals surface area contributed by atoms with Gasteiger partial charge >= 0.3 is 13.3 Å². The summed E-state index contributed by atoms with van der Waals surface area (Å²) in [5.41, 5.74) is -0.485. The largest absolute Gasteiger partial charge is 0.379 e. The number of aryl methyl sites for hydroxylation is 1. The quantitative estimate of drug-likeness (QED) is 0.0805. The second-order valence-corrected chi connectivity index (χ2v) is 12.6. The molecular weight excluding hydrogens is 531 g/mol. The van der Waals surface area contributed by atoms with Crippen molar-refractivity contribution in [2.75, 3.05) is 39.4 Å². The van der Waals surface area contributed by atoms with E-state index in [4.69, 9.17) is 18.5 Å². The molecule has 0 saturated carbocycles. The molecule has 10 heteroatoms. The lowest BCUT2D eigenvalue weighted by Crippen LogP contribution is -2.31. The predicted octanol–water partition coefficient (Wildman–Crippen LogP) is 7.34. The molecule has 1 aromatic heterocycles. The van der Waals surface area contributed by atoms with Crippen LogP contribution in [0.4, 0.5) is 0 Å². The first kappa shape index (κ1) is 36.8. The van der Waals surface area contributed by atoms with Crippen molar-refractivity contribution in [1.29, 1.82) is 0 Å². The van der Waals surface area contributed by atoms with Gasteiger partial charge in [0.2, 0.25) is 0 Å². The molecule has 1 unspecified atom stereocenters. The highest BCUT2D eigenvalue weighted by atomic mass is 31.2. The molecule has 0 aliphatic carbocycles. The first-order valence-corrected chi connectivity index (χ1v) is 17.5. The number of hydrogen-bond donors (Lipinski definition) is 1. The summed E-state index contributed by atoms with van der Waals surface area (Å²) in [5, 5.41) is 0. The number of ether oxygens (including phenoxy) is 2. The molecule has 1 N–H and O–H groups in total. The smallest absolute Gasteiger partial charge is 0.356 e. The Morgan fingerprint density at radius 1 is 0.700 bits per heavy atom. The Morgan fingerprint density at radius 3 is 1.80 bits per heavy atom. The molecule has 0 aliphatic rings. The number of nitrogens with zero attached hydrogens (tertiary/aromatic N) is 1. The molecule has 40 heavy (non-hydrogen) atoms. The summed E-state index contributed by atoms with van der Waals surface area (Å²) in [4.78, 5) is 25.5. The normalized spacial score (nSPS) is 13.1. The molecule has 9 nitrogen and oxygen atoms in total. The van der Waals surface area contributed by atoms with Crippen LogP contribution in [0.2, 0.25) is 0 Å². The van der Waals surface area contributed by atoms with Gasteiger partial charge in [0.15, 0.2) is 0 Å². The van der Waals surface area contributed by atoms with E-state index in [1.165, 1.54) is 107 Å². The zero-order valence-corrected chi connectivity index (χ0v) is 26.5. The highest BCUT2D eigenvalue weighted by Crippen LogP contribution is 2.47. The first-order valence-electron chi connectivity index (χ1n) is 15.8. The van der Waals surface area contributed by atoms with Gasteiger partial charge < -0.3 is 18.5 Å². The van der Waals surface area contributed by atoms with Gasteiger partial charge in [0.05, 0.1) is 33.0 Å². The minimum absolute atomic E-state index is 0.127. The number of rotatable bonds is 28. The minimum atomic E-state index is -3.41. The van der Waals surface area contributed by atoms with Crippen molar-refractivity contribution in [1.82, 2.24) is 9.55 Å². The Morgan fingerprint density at radius 2 is 1.25 bits per heavy atom. The van der Waals surface area contributed by atoms with Gasteiger partial charge in [0, 0.05) is 18.4 Å². The molecule has 234 valence electrons. The van der Waals surface area contributed by atoms with Crippen molar-refractivity contribution in [3.8, 4) is 0 Å². The highest BCUT2D eigenvalue weighted by molar-refractivity contribution is 7.53. The molecule has 1 rings (SSSR count). The van der Waals surface area contributed by atoms with Gasteiger partial charge in [-0.25, -0.2) is 4.79 Å². The van der Waals surface area contributed by atoms with Crippen molar-refractivity contribution in [3.05, 3.63) is 32.6 Å². The van der Waals surface area contributed by atoms with E-state index >= 15 is 0 Å². The maximum atomic E-state index is 12.8. The van der Waals surface area contributed by atoms with Crippen molar-refractivity contribution in [2.24, 2.45) is 0 Å². The summed E-state index contributed by atoms with van der Waals surface area (Å²) in [6.45, 7) is 7.40. The van der Waals surface area contributed by atoms with Gasteiger partial charge in [-0.05, 0) is 20.3 Å². The van der Waals surface area contributed by atoms with Crippen LogP contribution in [0, 0.1) is 6.92 Å². The Kier molecular flexibility index (Phi) is 22.4. The zero-order valence-electron chi connectivity index (χ0n) is 25.6. The molecule has 0 aliphatic heterocycles. The minimum Gasteiger partial charge on any atom is -0.379 e. The molecule has 0 amide bonds. The van der Waals surface area contributed by atoms with E-state index in [2.05, 4.69) is 11.9 Å². The third-order valence-corrected chi connectivity index (χ3v) is 8.62. The molecule has 0 spiro atoms. The van der Waals surface area contributed by atoms with Gasteiger partial charge in [0.1, 0.15) is 6.35 Å². The molecule has 1 aromatic rings. The fourth-order valence-corrected chi connectivity index (χ4v) is 5.84. The Hall–Kier alpha value is -1.25. The van der Waals surface area contributed by atoms with Crippen LogP contribution in [0.1, 0.15) is 122 Å². The van der Waals surface area contributed by atoms with Crippen LogP contribution in [-0.2, 0) is 29.6 Å². The maximum absolute atomic E-state index is 12.8. The van der Waals surface area contributed by atoms with Gasteiger partial charge in [-0.1, -0.05) is 103 Å². The van der Waals surface area contributed by atoms with Crippen LogP contribution in [0.15, 0.2) is 15.8 Å². The SMILES string of the molecule is CCCCCCCCCCCCCCCCCCOCCOP(=O)(COCCn1cc(C)c(=O)[nH]c1=O)OCC. The van der Waals surface area contributed by atoms with Crippen molar-refractivity contribution in [3.63, 3.8) is 0 Å². The fraction of sp³-hybridized carbons (Fsp3) is 0.867. The van der Waals surface area contributed by atoms with Crippen molar-refractivity contribution < 1.29 is 23.1 Å². The number of H-pyrrole nitrogens is 1. The average molecular weight is 589 g/mol. The van der Waals surface area contributed by atoms with Crippen LogP contribution in [0.5, 0.6) is 0 Å². The van der Waals surface area contributed by atoms with Gasteiger partial charge in [0.25, 0.3) is 5.56 Å². The number of nitrogens with one attached hydrogen (secondary N) is 1. The number of hydrogen-bond acceptors (Lipinski definition) is 7. The van der Waals surface area contributed by atoms with Crippen LogP contribution < -0.4 is 11.2 Å². The van der Waals surface area contributed by atoms with E-state index in [1.54, 1.807) is 13.8 Å². The lowest BCUT2D eigenvalue weighted by atomic mass is 10.0. The standard InChI is InChI=1S/C30H57N2O7P/c1-4-6-7-8-9-10-11-12-13-14-15-16-17-18-19-20-22-36-24-25-39-40(35,38-5-2)27-37-23-21-32-26-28(3)29(33)31-30(32)34/h26H,4-25,27H2,1-3H3,(H,31,33,34). The van der Waals surface area contributed by atoms with Gasteiger partial charge in [-0.3, -0.25) is 18.9 Å². The molecule has 0 radical (unpaired) electrons. The number of unbranched alkanes of at least 4 members (excludes halogenated alkanes) is 15. The highest BCUT2D eigenvalue weighted by Gasteiger charge is 2.24. The zero-order chi connectivity index (χ0) is 29.3. The molecule has 0 bridgehead atoms. The third kappa shape index (κ3) is 19.0. The first-order chi connectivity index (χ1) is 19.4. The van der Waals surface area contributed by atoms with E-state index in [0.717, 1.165) is 6.42 Å². The third-order valence-electron chi connectivity index (χ3n) is 6.90. The number of aromatic amines is 1. The summed E-state index contributed by atoms with van der Waals surface area (Å²) in [6.07, 6.45) is 22.7. The van der Waals surface area contributed by atoms with Gasteiger partial charge in [-0.2, -0.15) is 0 Å². The molecule has 0 fully saturated rings. The molecule has 1 heterocycles. The van der Waals surface area contributed by atoms with Crippen LogP contribution in [-0.4, -0.2) is 48.9 Å². The van der Waals surface area contributed by atoms with E-state index in [-0.39, 0.29) is 32.7 Å². The molecule has 1 atom stereocenters. The van der Waals surface area contributed by atoms with Crippen molar-refractivity contribution in [2.45, 2.75) is 130 Å². The van der Waals surface area contributed by atoms with E-state index in [1.807, 2.05) is 0 Å². The molecule has 0 aromatic carbocycles. The summed E-state index contributed by atoms with van der Waals surface area (Å²) in [6, 6.07) is 0. The number of aromatic nitrogens is 2. The summed E-state index contributed by atoms with van der Waals surface area (Å²) in [7, 11) is -3.41. The lowest BCUT2D eigenvalue weighted by molar-refractivity contribution is 0.0777. The van der Waals surface area contributed by atoms with E-state index < -0.39 is 18.8 Å². The Balaban J connectivity index is 1.97. The van der Waals surface area contributed by atoms with Crippen LogP contribution in [0.3, 0.4) is 0 Å². The maximum Gasteiger partial charge on any atom is 0.356 e. The van der Waals surface area contributed by atoms with Crippen molar-refractivity contribution >= 4 is 7.60 Å². The Labute approximate surface area is 242 Å². The monoisotopic (exact) mass is 588 g/mol. The Bertz CT molecular complexity index is 903. The second kappa shape index (κ2) is 24.4. The molecule has 0 saturated heterocycles. The summed E-state index contributed by atoms with van der Waals surface area (Å²) >= 11 is 0. The fourth-order valence-electron chi connectivity index (χ4n) is 4.52. The summed E-state index contributed by atoms with van der Waals surface area (Å²) < 4.78 is 36.1.